The number of aromatic nitrogens is 4. The summed E-state index contributed by atoms with van der Waals surface area (Å²) in [5.41, 5.74) is 0.325. The number of aromatic amines is 1. The van der Waals surface area contributed by atoms with E-state index < -0.39 is 0 Å². The van der Waals surface area contributed by atoms with Crippen LogP contribution in [0.2, 0.25) is 0 Å². The van der Waals surface area contributed by atoms with Crippen LogP contribution in [0.15, 0.2) is 17.2 Å². The van der Waals surface area contributed by atoms with Gasteiger partial charge in [-0.3, -0.25) is 0 Å². The minimum atomic E-state index is -0.261. The fourth-order valence-corrected chi connectivity index (χ4v) is 2.61. The lowest BCUT2D eigenvalue weighted by atomic mass is 10.2. The monoisotopic (exact) mass is 276 g/mol. The number of nitrogens with zero attached hydrogens (tertiary/aromatic N) is 4. The van der Waals surface area contributed by atoms with Crippen LogP contribution >= 0.6 is 0 Å². The van der Waals surface area contributed by atoms with Crippen LogP contribution in [-0.2, 0) is 0 Å². The number of H-pyrrole nitrogens is 1. The molecule has 108 valence electrons. The molecular weight excluding hydrogens is 256 g/mol. The molecule has 20 heavy (non-hydrogen) atoms. The van der Waals surface area contributed by atoms with Gasteiger partial charge in [-0.2, -0.15) is 5.10 Å². The van der Waals surface area contributed by atoms with Crippen LogP contribution in [0.3, 0.4) is 0 Å². The van der Waals surface area contributed by atoms with Gasteiger partial charge in [-0.1, -0.05) is 12.8 Å². The molecule has 2 N–H and O–H groups in total. The normalized spacial score (nSPS) is 17.2. The number of likely N-dealkylation sites (tertiary alicyclic amines) is 1. The molecule has 1 saturated heterocycles. The van der Waals surface area contributed by atoms with E-state index in [4.69, 9.17) is 0 Å². The number of anilines is 1. The van der Waals surface area contributed by atoms with Gasteiger partial charge in [-0.05, 0) is 25.9 Å². The van der Waals surface area contributed by atoms with Gasteiger partial charge in [0.1, 0.15) is 12.1 Å². The zero-order valence-corrected chi connectivity index (χ0v) is 11.5. The van der Waals surface area contributed by atoms with Gasteiger partial charge in [0.2, 0.25) is 0 Å². The first kappa shape index (κ1) is 13.1. The van der Waals surface area contributed by atoms with Crippen molar-refractivity contribution in [2.24, 2.45) is 0 Å². The summed E-state index contributed by atoms with van der Waals surface area (Å²) < 4.78 is 1.39. The molecule has 0 atom stereocenters. The SMILES string of the molecule is O=c1[nH]nc2cc(NCCN3CCCCCC3)ncn12. The van der Waals surface area contributed by atoms with Crippen molar-refractivity contribution in [2.45, 2.75) is 25.7 Å². The van der Waals surface area contributed by atoms with Crippen LogP contribution in [0.4, 0.5) is 5.82 Å². The highest BCUT2D eigenvalue weighted by atomic mass is 16.1. The number of nitrogens with one attached hydrogen (secondary N) is 2. The Morgan fingerprint density at radius 1 is 1.25 bits per heavy atom. The molecule has 0 bridgehead atoms. The van der Waals surface area contributed by atoms with E-state index in [-0.39, 0.29) is 5.69 Å². The summed E-state index contributed by atoms with van der Waals surface area (Å²) >= 11 is 0. The standard InChI is InChI=1S/C13H20N6O/c20-13-17-16-12-9-11(15-10-19(12)13)14-5-8-18-6-3-1-2-4-7-18/h9-10,14H,1-8H2,(H,17,20). The van der Waals surface area contributed by atoms with Gasteiger partial charge in [-0.25, -0.2) is 19.3 Å². The first-order valence-electron chi connectivity index (χ1n) is 7.22. The van der Waals surface area contributed by atoms with Crippen LogP contribution in [-0.4, -0.2) is 50.7 Å². The number of hydrogen-bond donors (Lipinski definition) is 2. The van der Waals surface area contributed by atoms with Crippen LogP contribution < -0.4 is 11.0 Å². The van der Waals surface area contributed by atoms with Crippen molar-refractivity contribution in [3.63, 3.8) is 0 Å². The Balaban J connectivity index is 1.55. The van der Waals surface area contributed by atoms with Gasteiger partial charge in [0.15, 0.2) is 5.65 Å². The molecule has 0 unspecified atom stereocenters. The largest absolute Gasteiger partial charge is 0.369 e. The minimum absolute atomic E-state index is 0.261. The second-order valence-corrected chi connectivity index (χ2v) is 5.21. The van der Waals surface area contributed by atoms with E-state index in [9.17, 15) is 4.79 Å². The Hall–Kier alpha value is -1.89. The van der Waals surface area contributed by atoms with E-state index in [1.54, 1.807) is 6.07 Å². The molecule has 0 amide bonds. The molecular formula is C13H20N6O. The van der Waals surface area contributed by atoms with Crippen molar-refractivity contribution in [3.05, 3.63) is 22.9 Å². The van der Waals surface area contributed by atoms with Crippen LogP contribution in [0.1, 0.15) is 25.7 Å². The van der Waals surface area contributed by atoms with Crippen LogP contribution in [0.25, 0.3) is 5.65 Å². The van der Waals surface area contributed by atoms with Crippen molar-refractivity contribution in [1.82, 2.24) is 24.5 Å². The molecule has 7 heteroatoms. The van der Waals surface area contributed by atoms with Crippen molar-refractivity contribution < 1.29 is 0 Å². The van der Waals surface area contributed by atoms with Crippen LogP contribution in [0.5, 0.6) is 0 Å². The van der Waals surface area contributed by atoms with Gasteiger partial charge in [0.05, 0.1) is 0 Å². The van der Waals surface area contributed by atoms with Gasteiger partial charge in [0.25, 0.3) is 0 Å². The molecule has 1 fully saturated rings. The van der Waals surface area contributed by atoms with Crippen molar-refractivity contribution in [1.29, 1.82) is 0 Å². The summed E-state index contributed by atoms with van der Waals surface area (Å²) in [5, 5.41) is 9.62. The molecule has 1 aliphatic heterocycles. The van der Waals surface area contributed by atoms with E-state index in [2.05, 4.69) is 25.4 Å². The molecule has 0 radical (unpaired) electrons. The van der Waals surface area contributed by atoms with E-state index in [1.807, 2.05) is 0 Å². The fraction of sp³-hybridized carbons (Fsp3) is 0.615. The Kier molecular flexibility index (Phi) is 3.96. The maximum atomic E-state index is 11.3. The van der Waals surface area contributed by atoms with E-state index in [0.29, 0.717) is 5.65 Å². The van der Waals surface area contributed by atoms with Crippen LogP contribution in [0, 0.1) is 0 Å². The summed E-state index contributed by atoms with van der Waals surface area (Å²) in [6.45, 7) is 4.28. The Bertz CT molecular complexity index is 611. The zero-order valence-electron chi connectivity index (χ0n) is 11.5. The van der Waals surface area contributed by atoms with Crippen molar-refractivity contribution >= 4 is 11.5 Å². The summed E-state index contributed by atoms with van der Waals surface area (Å²) in [6, 6.07) is 1.78. The Morgan fingerprint density at radius 2 is 2.05 bits per heavy atom. The molecule has 2 aromatic heterocycles. The highest BCUT2D eigenvalue weighted by Gasteiger charge is 2.08. The molecule has 0 saturated carbocycles. The highest BCUT2D eigenvalue weighted by Crippen LogP contribution is 2.09. The van der Waals surface area contributed by atoms with E-state index in [0.717, 1.165) is 18.9 Å². The third-order valence-corrected chi connectivity index (χ3v) is 3.74. The van der Waals surface area contributed by atoms with Gasteiger partial charge in [-0.15, -0.1) is 0 Å². The van der Waals surface area contributed by atoms with Gasteiger partial charge < -0.3 is 10.2 Å². The zero-order chi connectivity index (χ0) is 13.8. The number of hydrogen-bond acceptors (Lipinski definition) is 5. The molecule has 7 nitrogen and oxygen atoms in total. The average Bonchev–Trinajstić information content (AvgIpc) is 2.66. The predicted octanol–water partition coefficient (Wildman–Crippen LogP) is 0.705. The second kappa shape index (κ2) is 6.04. The fourth-order valence-electron chi connectivity index (χ4n) is 2.61. The molecule has 3 heterocycles. The lowest BCUT2D eigenvalue weighted by Gasteiger charge is -2.19. The first-order valence-corrected chi connectivity index (χ1v) is 7.22. The lowest BCUT2D eigenvalue weighted by molar-refractivity contribution is 0.296. The predicted molar refractivity (Wildman–Crippen MR) is 77.0 cm³/mol. The maximum Gasteiger partial charge on any atom is 0.348 e. The number of fused-ring (bicyclic) bond motifs is 1. The first-order chi connectivity index (χ1) is 9.83. The minimum Gasteiger partial charge on any atom is -0.369 e. The van der Waals surface area contributed by atoms with Crippen molar-refractivity contribution in [3.8, 4) is 0 Å². The molecule has 2 aromatic rings. The summed E-state index contributed by atoms with van der Waals surface area (Å²) in [4.78, 5) is 18.0. The van der Waals surface area contributed by atoms with Gasteiger partial charge in [0, 0.05) is 19.2 Å². The van der Waals surface area contributed by atoms with Crippen molar-refractivity contribution in [2.75, 3.05) is 31.5 Å². The maximum absolute atomic E-state index is 11.3. The molecule has 0 aromatic carbocycles. The van der Waals surface area contributed by atoms with Gasteiger partial charge >= 0.3 is 5.69 Å². The summed E-state index contributed by atoms with van der Waals surface area (Å²) in [6.07, 6.45) is 6.82. The number of rotatable bonds is 4. The Morgan fingerprint density at radius 3 is 2.85 bits per heavy atom. The smallest absolute Gasteiger partial charge is 0.348 e. The van der Waals surface area contributed by atoms with E-state index >= 15 is 0 Å². The lowest BCUT2D eigenvalue weighted by Crippen LogP contribution is -2.30. The average molecular weight is 276 g/mol. The third kappa shape index (κ3) is 2.98. The highest BCUT2D eigenvalue weighted by molar-refractivity contribution is 5.48. The third-order valence-electron chi connectivity index (χ3n) is 3.74. The molecule has 1 aliphatic rings. The van der Waals surface area contributed by atoms with E-state index in [1.165, 1.54) is 49.5 Å². The molecule has 0 spiro atoms. The molecule has 0 aliphatic carbocycles. The topological polar surface area (TPSA) is 78.3 Å². The summed E-state index contributed by atoms with van der Waals surface area (Å²) in [7, 11) is 0. The second-order valence-electron chi connectivity index (χ2n) is 5.21. The quantitative estimate of drug-likeness (QED) is 0.859. The summed E-state index contributed by atoms with van der Waals surface area (Å²) in [5.74, 6) is 0.756. The molecule has 3 rings (SSSR count). The Labute approximate surface area is 117 Å².